The SMILES string of the molecule is c1ccc(-c2c3c(cc4c2Oc2cc(N(c5ccccc5-c5ccccn5)c5ccccc5-c5ccccn5)cc5c2B4c2cccc(-c4ccccn4)c2N5c2ccccc2-c2ccccn2)B2c4cccc(-c5ccccn5)c4N(c4cccc(-c5ccccn5)c4)c4cc(N(c5ccccc5-c5cccnc5)c5ccccc5-c5ccccn5)cc(c42)O3)cc1. The number of nitrogens with zero attached hydrogens (tertiary/aromatic N) is 12. The molecule has 598 valence electrons. The van der Waals surface area contributed by atoms with Crippen LogP contribution in [0.2, 0.25) is 0 Å². The molecule has 12 heterocycles. The highest BCUT2D eigenvalue weighted by Gasteiger charge is 2.51. The highest BCUT2D eigenvalue weighted by atomic mass is 16.5. The summed E-state index contributed by atoms with van der Waals surface area (Å²) in [6.07, 6.45) is 16.9. The molecule has 8 aromatic heterocycles. The molecule has 0 amide bonds. The van der Waals surface area contributed by atoms with Crippen molar-refractivity contribution in [3.05, 3.63) is 438 Å². The van der Waals surface area contributed by atoms with Crippen molar-refractivity contribution in [2.24, 2.45) is 0 Å². The molecule has 14 nitrogen and oxygen atoms in total. The summed E-state index contributed by atoms with van der Waals surface area (Å²) < 4.78 is 16.8. The minimum Gasteiger partial charge on any atom is -0.457 e. The molecule has 24 rings (SSSR count). The fourth-order valence-corrected chi connectivity index (χ4v) is 19.5. The van der Waals surface area contributed by atoms with Gasteiger partial charge in [-0.3, -0.25) is 39.9 Å². The summed E-state index contributed by atoms with van der Waals surface area (Å²) in [7, 11) is 0. The van der Waals surface area contributed by atoms with Gasteiger partial charge in [0.15, 0.2) is 0 Å². The molecule has 12 aromatic carbocycles. The van der Waals surface area contributed by atoms with E-state index in [9.17, 15) is 0 Å². The smallest absolute Gasteiger partial charge is 0.256 e. The maximum absolute atomic E-state index is 8.43. The lowest BCUT2D eigenvalue weighted by molar-refractivity contribution is 0.469. The van der Waals surface area contributed by atoms with E-state index in [1.165, 1.54) is 0 Å². The third-order valence-electron chi connectivity index (χ3n) is 24.8. The molecule has 0 aliphatic carbocycles. The second-order valence-corrected chi connectivity index (χ2v) is 32.0. The Hall–Kier alpha value is -17.2. The number of hydrogen-bond acceptors (Lipinski definition) is 14. The molecule has 4 aliphatic heterocycles. The van der Waals surface area contributed by atoms with E-state index < -0.39 is 13.4 Å². The summed E-state index contributed by atoms with van der Waals surface area (Å²) in [5.41, 5.74) is 32.3. The van der Waals surface area contributed by atoms with Crippen LogP contribution in [0.1, 0.15) is 0 Å². The van der Waals surface area contributed by atoms with E-state index in [2.05, 4.69) is 329 Å². The van der Waals surface area contributed by atoms with Gasteiger partial charge in [0.1, 0.15) is 23.0 Å². The number of ether oxygens (including phenoxy) is 2. The van der Waals surface area contributed by atoms with Crippen molar-refractivity contribution in [3.8, 4) is 124 Å². The first-order valence-corrected chi connectivity index (χ1v) is 42.9. The van der Waals surface area contributed by atoms with Crippen LogP contribution in [0.15, 0.2) is 438 Å². The largest absolute Gasteiger partial charge is 0.457 e. The van der Waals surface area contributed by atoms with E-state index in [4.69, 9.17) is 49.3 Å². The molecule has 0 radical (unpaired) electrons. The molecule has 0 bridgehead atoms. The van der Waals surface area contributed by atoms with E-state index in [0.29, 0.717) is 23.0 Å². The molecule has 0 saturated heterocycles. The van der Waals surface area contributed by atoms with Gasteiger partial charge in [-0.1, -0.05) is 224 Å². The number of aromatic nitrogens is 8. The van der Waals surface area contributed by atoms with Gasteiger partial charge in [-0.25, -0.2) is 0 Å². The molecule has 4 aliphatic rings. The van der Waals surface area contributed by atoms with Crippen LogP contribution < -0.4 is 61.9 Å². The number of rotatable bonds is 17. The summed E-state index contributed by atoms with van der Waals surface area (Å²) >= 11 is 0. The molecule has 0 spiro atoms. The third-order valence-corrected chi connectivity index (χ3v) is 24.8. The first-order valence-electron chi connectivity index (χ1n) is 42.9. The Morgan fingerprint density at radius 1 is 0.242 bits per heavy atom. The van der Waals surface area contributed by atoms with E-state index in [-0.39, 0.29) is 0 Å². The van der Waals surface area contributed by atoms with Crippen LogP contribution in [-0.2, 0) is 0 Å². The maximum Gasteiger partial charge on any atom is 0.256 e. The van der Waals surface area contributed by atoms with E-state index in [1.54, 1.807) is 0 Å². The second-order valence-electron chi connectivity index (χ2n) is 32.0. The minimum absolute atomic E-state index is 0.531. The topological polar surface area (TPSA) is 135 Å². The van der Waals surface area contributed by atoms with Crippen molar-refractivity contribution in [1.29, 1.82) is 0 Å². The van der Waals surface area contributed by atoms with Crippen molar-refractivity contribution >= 4 is 114 Å². The van der Waals surface area contributed by atoms with E-state index in [1.807, 2.05) is 129 Å². The predicted molar refractivity (Wildman–Crippen MR) is 519 cm³/mol. The first kappa shape index (κ1) is 74.6. The number of fused-ring (bicyclic) bond motifs is 8. The highest BCUT2D eigenvalue weighted by Crippen LogP contribution is 2.57. The quantitative estimate of drug-likeness (QED) is 0.0800. The third kappa shape index (κ3) is 12.7. The van der Waals surface area contributed by atoms with Crippen molar-refractivity contribution in [2.75, 3.05) is 19.6 Å². The van der Waals surface area contributed by atoms with Gasteiger partial charge in [0.25, 0.3) is 13.4 Å². The number of pyridine rings is 8. The molecular formula is C112H72B2N12O2. The molecule has 20 aromatic rings. The summed E-state index contributed by atoms with van der Waals surface area (Å²) in [6.45, 7) is -1.07. The summed E-state index contributed by atoms with van der Waals surface area (Å²) in [4.78, 5) is 50.4. The van der Waals surface area contributed by atoms with Crippen LogP contribution in [0.4, 0.5) is 68.2 Å². The van der Waals surface area contributed by atoms with Gasteiger partial charge in [0, 0.05) is 135 Å². The van der Waals surface area contributed by atoms with Gasteiger partial charge in [0.2, 0.25) is 0 Å². The molecule has 0 atom stereocenters. The van der Waals surface area contributed by atoms with E-state index in [0.717, 1.165) is 202 Å². The van der Waals surface area contributed by atoms with Crippen LogP contribution in [0.3, 0.4) is 0 Å². The highest BCUT2D eigenvalue weighted by molar-refractivity contribution is 7.02. The van der Waals surface area contributed by atoms with E-state index >= 15 is 0 Å². The van der Waals surface area contributed by atoms with Gasteiger partial charge in [-0.15, -0.1) is 0 Å². The van der Waals surface area contributed by atoms with Crippen LogP contribution >= 0.6 is 0 Å². The van der Waals surface area contributed by atoms with Gasteiger partial charge in [-0.05, 0) is 184 Å². The molecular weight excluding hydrogens is 1570 g/mol. The Kier molecular flexibility index (Phi) is 18.4. The lowest BCUT2D eigenvalue weighted by atomic mass is 9.30. The maximum atomic E-state index is 8.43. The van der Waals surface area contributed by atoms with Gasteiger partial charge < -0.3 is 29.1 Å². The fraction of sp³-hybridized carbons (Fsp3) is 0. The Morgan fingerprint density at radius 3 is 1.07 bits per heavy atom. The van der Waals surface area contributed by atoms with Gasteiger partial charge >= 0.3 is 0 Å². The van der Waals surface area contributed by atoms with Crippen LogP contribution in [-0.4, -0.2) is 53.3 Å². The average molecular weight is 1640 g/mol. The monoisotopic (exact) mass is 1640 g/mol. The van der Waals surface area contributed by atoms with Crippen LogP contribution in [0.5, 0.6) is 23.0 Å². The molecule has 0 unspecified atom stereocenters. The number of benzene rings is 12. The van der Waals surface area contributed by atoms with Gasteiger partial charge in [-0.2, -0.15) is 0 Å². The molecule has 0 fully saturated rings. The molecule has 0 saturated carbocycles. The van der Waals surface area contributed by atoms with Crippen molar-refractivity contribution in [3.63, 3.8) is 0 Å². The van der Waals surface area contributed by atoms with Crippen molar-refractivity contribution in [2.45, 2.75) is 0 Å². The lowest BCUT2D eigenvalue weighted by Gasteiger charge is -2.44. The van der Waals surface area contributed by atoms with Crippen molar-refractivity contribution < 1.29 is 9.47 Å². The normalized spacial score (nSPS) is 12.3. The number of hydrogen-bond donors (Lipinski definition) is 0. The molecule has 16 heteroatoms. The van der Waals surface area contributed by atoms with Crippen LogP contribution in [0, 0.1) is 0 Å². The zero-order chi connectivity index (χ0) is 84.5. The summed E-state index contributed by atoms with van der Waals surface area (Å²) in [5.74, 6) is 2.57. The average Bonchev–Trinajstić information content (AvgIpc) is 0.680. The fourth-order valence-electron chi connectivity index (χ4n) is 19.5. The summed E-state index contributed by atoms with van der Waals surface area (Å²) in [5, 5.41) is 0. The Bertz CT molecular complexity index is 7500. The molecule has 128 heavy (non-hydrogen) atoms. The first-order chi connectivity index (χ1) is 63.6. The Morgan fingerprint density at radius 2 is 0.609 bits per heavy atom. The van der Waals surface area contributed by atoms with Crippen molar-refractivity contribution in [1.82, 2.24) is 39.9 Å². The Labute approximate surface area is 740 Å². The standard InChI is InChI=1S/C112H72B2N12O2/c1-2-32-73(33-3-1)106-111-88(113-86-44-29-42-84(95-51-19-26-64-121-95)109(86)125(76-36-28-34-74(66-76)90-46-14-21-59-116-90)102-67-77(69-104(127-111)107(102)113)123(97-53-9-4-37-79(97)75-35-31-58-115-72-75)98-54-10-5-38-80(98)91-47-15-22-60-117-91)71-89-112(106)128-105-70-78(124(99-55-11-6-39-81(99)92-48-16-23-61-118-92)100-56-12-7-40-82(100)93-49-17-24-62-119-93)68-103-108(105)114(89)87-45-30-43-85(96-52-20-27-65-122-96)110(87)126(103)101-57-13-8-41-83(101)94-50-18-25-63-120-94/h1-72H. The minimum atomic E-state index is -0.540. The lowest BCUT2D eigenvalue weighted by Crippen LogP contribution is -2.63. The Balaban J connectivity index is 0.831. The van der Waals surface area contributed by atoms with Gasteiger partial charge in [0.05, 0.1) is 96.6 Å². The zero-order valence-corrected chi connectivity index (χ0v) is 68.9. The van der Waals surface area contributed by atoms with Crippen LogP contribution in [0.25, 0.3) is 101 Å². The zero-order valence-electron chi connectivity index (χ0n) is 68.9. The second kappa shape index (κ2) is 31.6. The number of para-hydroxylation sites is 7. The summed E-state index contributed by atoms with van der Waals surface area (Å²) in [6, 6.07) is 135. The predicted octanol–water partition coefficient (Wildman–Crippen LogP) is 23.6. The number of anilines is 12. The molecule has 0 N–H and O–H groups in total.